The third-order valence-electron chi connectivity index (χ3n) is 4.82. The van der Waals surface area contributed by atoms with Crippen LogP contribution in [0.4, 0.5) is 0 Å². The van der Waals surface area contributed by atoms with Crippen LogP contribution in [0.15, 0.2) is 28.8 Å². The van der Waals surface area contributed by atoms with E-state index in [1.54, 1.807) is 0 Å². The SMILES string of the molecule is Cc1noc(C)c1COc1ccc(C(=O)N2CC(C)CC(C)C2)cc1. The Bertz CT molecular complexity index is 706. The number of aryl methyl sites for hydroxylation is 2. The van der Waals surface area contributed by atoms with Gasteiger partial charge in [0, 0.05) is 18.7 Å². The van der Waals surface area contributed by atoms with Crippen LogP contribution in [0, 0.1) is 25.7 Å². The summed E-state index contributed by atoms with van der Waals surface area (Å²) < 4.78 is 10.9. The molecular formula is C20H26N2O3. The molecular weight excluding hydrogens is 316 g/mol. The van der Waals surface area contributed by atoms with Gasteiger partial charge >= 0.3 is 0 Å². The number of ether oxygens (including phenoxy) is 1. The van der Waals surface area contributed by atoms with Crippen LogP contribution in [0.2, 0.25) is 0 Å². The summed E-state index contributed by atoms with van der Waals surface area (Å²) >= 11 is 0. The zero-order valence-electron chi connectivity index (χ0n) is 15.4. The fourth-order valence-corrected chi connectivity index (χ4v) is 3.57. The molecule has 1 aromatic heterocycles. The first-order valence-corrected chi connectivity index (χ1v) is 8.88. The first-order valence-electron chi connectivity index (χ1n) is 8.88. The maximum atomic E-state index is 12.7. The lowest BCUT2D eigenvalue weighted by atomic mass is 9.91. The Kier molecular flexibility index (Phi) is 5.11. The number of likely N-dealkylation sites (tertiary alicyclic amines) is 1. The summed E-state index contributed by atoms with van der Waals surface area (Å²) in [5.41, 5.74) is 2.53. The average Bonchev–Trinajstić information content (AvgIpc) is 2.90. The van der Waals surface area contributed by atoms with Crippen LogP contribution in [-0.4, -0.2) is 29.1 Å². The van der Waals surface area contributed by atoms with Crippen molar-refractivity contribution in [2.45, 2.75) is 40.7 Å². The molecule has 2 aromatic rings. The van der Waals surface area contributed by atoms with Crippen molar-refractivity contribution in [3.8, 4) is 5.75 Å². The van der Waals surface area contributed by atoms with Crippen LogP contribution >= 0.6 is 0 Å². The van der Waals surface area contributed by atoms with Crippen LogP contribution in [0.25, 0.3) is 0 Å². The monoisotopic (exact) mass is 342 g/mol. The molecule has 134 valence electrons. The minimum atomic E-state index is 0.107. The van der Waals surface area contributed by atoms with Crippen LogP contribution in [0.1, 0.15) is 47.6 Å². The van der Waals surface area contributed by atoms with Gasteiger partial charge in [0.2, 0.25) is 0 Å². The Labute approximate surface area is 148 Å². The summed E-state index contributed by atoms with van der Waals surface area (Å²) in [6, 6.07) is 7.38. The number of hydrogen-bond donors (Lipinski definition) is 0. The Hall–Kier alpha value is -2.30. The molecule has 2 heterocycles. The molecule has 0 saturated carbocycles. The molecule has 5 heteroatoms. The van der Waals surface area contributed by atoms with Crippen molar-refractivity contribution in [1.29, 1.82) is 0 Å². The number of carbonyl (C=O) groups excluding carboxylic acids is 1. The van der Waals surface area contributed by atoms with Crippen molar-refractivity contribution in [3.63, 3.8) is 0 Å². The topological polar surface area (TPSA) is 55.6 Å². The number of hydrogen-bond acceptors (Lipinski definition) is 4. The second-order valence-corrected chi connectivity index (χ2v) is 7.27. The first-order chi connectivity index (χ1) is 11.9. The van der Waals surface area contributed by atoms with Gasteiger partial charge in [-0.05, 0) is 56.4 Å². The number of benzene rings is 1. The van der Waals surface area contributed by atoms with Gasteiger partial charge in [-0.2, -0.15) is 0 Å². The van der Waals surface area contributed by atoms with Crippen molar-refractivity contribution in [3.05, 3.63) is 46.8 Å². The highest BCUT2D eigenvalue weighted by molar-refractivity contribution is 5.94. The van der Waals surface area contributed by atoms with E-state index in [4.69, 9.17) is 9.26 Å². The molecule has 2 unspecified atom stereocenters. The molecule has 0 spiro atoms. The van der Waals surface area contributed by atoms with Gasteiger partial charge in [0.05, 0.1) is 11.3 Å². The smallest absolute Gasteiger partial charge is 0.253 e. The Morgan fingerprint density at radius 3 is 2.40 bits per heavy atom. The molecule has 25 heavy (non-hydrogen) atoms. The number of amides is 1. The highest BCUT2D eigenvalue weighted by Crippen LogP contribution is 2.23. The minimum absolute atomic E-state index is 0.107. The molecule has 1 aliphatic heterocycles. The molecule has 1 fully saturated rings. The average molecular weight is 342 g/mol. The standard InChI is InChI=1S/C20H26N2O3/c1-13-9-14(2)11-22(10-13)20(23)17-5-7-18(8-6-17)24-12-19-15(3)21-25-16(19)4/h5-8,13-14H,9-12H2,1-4H3. The van der Waals surface area contributed by atoms with Gasteiger partial charge in [0.15, 0.2) is 0 Å². The summed E-state index contributed by atoms with van der Waals surface area (Å²) in [6.45, 7) is 10.3. The van der Waals surface area contributed by atoms with E-state index in [-0.39, 0.29) is 5.91 Å². The molecule has 2 atom stereocenters. The van der Waals surface area contributed by atoms with Crippen LogP contribution in [-0.2, 0) is 6.61 Å². The van der Waals surface area contributed by atoms with Gasteiger partial charge in [-0.1, -0.05) is 19.0 Å². The van der Waals surface area contributed by atoms with E-state index in [1.807, 2.05) is 43.0 Å². The molecule has 3 rings (SSSR count). The number of aromatic nitrogens is 1. The molecule has 0 N–H and O–H groups in total. The quantitative estimate of drug-likeness (QED) is 0.843. The van der Waals surface area contributed by atoms with E-state index in [2.05, 4.69) is 19.0 Å². The molecule has 0 bridgehead atoms. The van der Waals surface area contributed by atoms with Crippen LogP contribution in [0.3, 0.4) is 0 Å². The molecule has 0 radical (unpaired) electrons. The first kappa shape index (κ1) is 17.5. The zero-order valence-corrected chi connectivity index (χ0v) is 15.4. The van der Waals surface area contributed by atoms with E-state index >= 15 is 0 Å². The lowest BCUT2D eigenvalue weighted by Crippen LogP contribution is -2.42. The van der Waals surface area contributed by atoms with Gasteiger partial charge in [-0.3, -0.25) is 4.79 Å². The predicted molar refractivity (Wildman–Crippen MR) is 95.6 cm³/mol. The molecule has 1 amide bonds. The van der Waals surface area contributed by atoms with Crippen molar-refractivity contribution in [2.75, 3.05) is 13.1 Å². The summed E-state index contributed by atoms with van der Waals surface area (Å²) in [4.78, 5) is 14.7. The van der Waals surface area contributed by atoms with Gasteiger partial charge < -0.3 is 14.2 Å². The lowest BCUT2D eigenvalue weighted by molar-refractivity contribution is 0.0623. The van der Waals surface area contributed by atoms with E-state index < -0.39 is 0 Å². The van der Waals surface area contributed by atoms with E-state index in [9.17, 15) is 4.79 Å². The van der Waals surface area contributed by atoms with Gasteiger partial charge in [0.1, 0.15) is 18.1 Å². The van der Waals surface area contributed by atoms with Crippen molar-refractivity contribution >= 4 is 5.91 Å². The molecule has 1 saturated heterocycles. The van der Waals surface area contributed by atoms with E-state index in [1.165, 1.54) is 6.42 Å². The normalized spacial score (nSPS) is 20.6. The highest BCUT2D eigenvalue weighted by atomic mass is 16.5. The highest BCUT2D eigenvalue weighted by Gasteiger charge is 2.26. The fourth-order valence-electron chi connectivity index (χ4n) is 3.57. The molecule has 1 aromatic carbocycles. The third-order valence-corrected chi connectivity index (χ3v) is 4.82. The number of piperidine rings is 1. The molecule has 5 nitrogen and oxygen atoms in total. The maximum absolute atomic E-state index is 12.7. The van der Waals surface area contributed by atoms with Crippen LogP contribution < -0.4 is 4.74 Å². The van der Waals surface area contributed by atoms with E-state index in [0.717, 1.165) is 35.9 Å². The van der Waals surface area contributed by atoms with Crippen LogP contribution in [0.5, 0.6) is 5.75 Å². The van der Waals surface area contributed by atoms with Crippen molar-refractivity contribution in [2.24, 2.45) is 11.8 Å². The fraction of sp³-hybridized carbons (Fsp3) is 0.500. The number of carbonyl (C=O) groups is 1. The predicted octanol–water partition coefficient (Wildman–Crippen LogP) is 3.99. The molecule has 1 aliphatic rings. The Balaban J connectivity index is 1.63. The summed E-state index contributed by atoms with van der Waals surface area (Å²) in [5.74, 6) is 2.74. The molecule has 0 aliphatic carbocycles. The van der Waals surface area contributed by atoms with Crippen molar-refractivity contribution < 1.29 is 14.1 Å². The summed E-state index contributed by atoms with van der Waals surface area (Å²) in [7, 11) is 0. The van der Waals surface area contributed by atoms with Gasteiger partial charge in [0.25, 0.3) is 5.91 Å². The van der Waals surface area contributed by atoms with E-state index in [0.29, 0.717) is 24.0 Å². The zero-order chi connectivity index (χ0) is 18.0. The summed E-state index contributed by atoms with van der Waals surface area (Å²) in [5, 5.41) is 3.92. The second kappa shape index (κ2) is 7.30. The minimum Gasteiger partial charge on any atom is -0.489 e. The second-order valence-electron chi connectivity index (χ2n) is 7.27. The lowest BCUT2D eigenvalue weighted by Gasteiger charge is -2.35. The Morgan fingerprint density at radius 2 is 1.84 bits per heavy atom. The van der Waals surface area contributed by atoms with Crippen molar-refractivity contribution in [1.82, 2.24) is 10.1 Å². The Morgan fingerprint density at radius 1 is 1.20 bits per heavy atom. The van der Waals surface area contributed by atoms with Gasteiger partial charge in [-0.15, -0.1) is 0 Å². The number of nitrogens with zero attached hydrogens (tertiary/aromatic N) is 2. The summed E-state index contributed by atoms with van der Waals surface area (Å²) in [6.07, 6.45) is 1.19. The van der Waals surface area contributed by atoms with Gasteiger partial charge in [-0.25, -0.2) is 0 Å². The maximum Gasteiger partial charge on any atom is 0.253 e. The third kappa shape index (κ3) is 4.03. The largest absolute Gasteiger partial charge is 0.489 e. The number of rotatable bonds is 4.